The van der Waals surface area contributed by atoms with Crippen molar-refractivity contribution >= 4 is 78.0 Å². The van der Waals surface area contributed by atoms with Gasteiger partial charge in [0.05, 0.1) is 5.02 Å². The molecule has 0 saturated carbocycles. The topological polar surface area (TPSA) is 180 Å². The number of aliphatic carboxylic acids is 1. The van der Waals surface area contributed by atoms with Gasteiger partial charge < -0.3 is 21.5 Å². The van der Waals surface area contributed by atoms with Crippen molar-refractivity contribution in [2.45, 2.75) is 29.4 Å². The molecule has 1 aliphatic rings. The molecule has 0 radical (unpaired) electrons. The number of carboxylic acids is 1. The molecule has 0 unspecified atom stereocenters. The second-order valence-corrected chi connectivity index (χ2v) is 12.1. The van der Waals surface area contributed by atoms with Crippen LogP contribution in [0.2, 0.25) is 10.0 Å². The van der Waals surface area contributed by atoms with Gasteiger partial charge in [0.1, 0.15) is 16.1 Å². The van der Waals surface area contributed by atoms with Crippen molar-refractivity contribution in [2.75, 3.05) is 12.3 Å². The van der Waals surface area contributed by atoms with Crippen LogP contribution >= 0.6 is 34.5 Å². The summed E-state index contributed by atoms with van der Waals surface area (Å²) >= 11 is 13.2. The van der Waals surface area contributed by atoms with Crippen LogP contribution in [0.4, 0.5) is 18.9 Å². The standard InChI is InChI=1S/C20H19Cl2N5O3S2.C2HF3O2/c21-12-6-14(22)13-8-18(31-17(13)7-12)32(29,30)26-16-3-4-27(20(16)28)9-11-5-10(19(24)25)1-2-15(11)23;3-2(4,5)1(6)7/h1-2,5-8,16,26H,3-4,9,23H2,(H3,24,25);(H,6,7)/t16-;/m0./s1. The molecule has 1 atom stereocenters. The number of sulfonamides is 1. The van der Waals surface area contributed by atoms with E-state index < -0.39 is 28.2 Å². The number of nitrogens with one attached hydrogen (secondary N) is 2. The van der Waals surface area contributed by atoms with E-state index >= 15 is 0 Å². The molecule has 3 aromatic rings. The van der Waals surface area contributed by atoms with Crippen LogP contribution in [0.3, 0.4) is 0 Å². The number of nitrogens with zero attached hydrogens (tertiary/aromatic N) is 1. The fraction of sp³-hybridized carbons (Fsp3) is 0.227. The molecule has 4 rings (SSSR count). The Morgan fingerprint density at radius 3 is 2.46 bits per heavy atom. The fourth-order valence-electron chi connectivity index (χ4n) is 3.54. The summed E-state index contributed by atoms with van der Waals surface area (Å²) in [6.45, 7) is 0.560. The number of amides is 1. The number of carbonyl (C=O) groups is 2. The van der Waals surface area contributed by atoms with Crippen LogP contribution in [0.25, 0.3) is 10.1 Å². The molecule has 210 valence electrons. The third kappa shape index (κ3) is 7.30. The first-order valence-corrected chi connectivity index (χ1v) is 13.8. The number of halogens is 5. The molecule has 7 N–H and O–H groups in total. The van der Waals surface area contributed by atoms with Crippen LogP contribution in [0.5, 0.6) is 0 Å². The first kappa shape index (κ1) is 30.4. The van der Waals surface area contributed by atoms with Crippen LogP contribution in [-0.4, -0.2) is 54.9 Å². The lowest BCUT2D eigenvalue weighted by molar-refractivity contribution is -0.192. The summed E-state index contributed by atoms with van der Waals surface area (Å²) in [7, 11) is -3.94. The highest BCUT2D eigenvalue weighted by Crippen LogP contribution is 2.36. The minimum Gasteiger partial charge on any atom is -0.475 e. The zero-order valence-corrected chi connectivity index (χ0v) is 22.7. The predicted octanol–water partition coefficient (Wildman–Crippen LogP) is 3.79. The maximum atomic E-state index is 12.9. The number of carboxylic acid groups (broad SMARTS) is 1. The Morgan fingerprint density at radius 2 is 1.87 bits per heavy atom. The summed E-state index contributed by atoms with van der Waals surface area (Å²) in [5, 5.41) is 16.1. The lowest BCUT2D eigenvalue weighted by atomic mass is 10.1. The molecular weight excluding hydrogens is 606 g/mol. The van der Waals surface area contributed by atoms with Crippen molar-refractivity contribution < 1.29 is 36.3 Å². The third-order valence-corrected chi connectivity index (χ3v) is 9.00. The number of carbonyl (C=O) groups excluding carboxylic acids is 1. The van der Waals surface area contributed by atoms with Gasteiger partial charge in [-0.25, -0.2) is 13.2 Å². The minimum atomic E-state index is -5.08. The summed E-state index contributed by atoms with van der Waals surface area (Å²) in [4.78, 5) is 23.3. The van der Waals surface area contributed by atoms with Gasteiger partial charge in [-0.3, -0.25) is 10.2 Å². The van der Waals surface area contributed by atoms with E-state index in [4.69, 9.17) is 50.0 Å². The van der Waals surface area contributed by atoms with E-state index in [1.165, 1.54) is 11.0 Å². The number of hydrogen-bond donors (Lipinski definition) is 5. The van der Waals surface area contributed by atoms with Gasteiger partial charge in [-0.15, -0.1) is 11.3 Å². The molecule has 0 spiro atoms. The van der Waals surface area contributed by atoms with E-state index in [1.54, 1.807) is 30.3 Å². The molecule has 0 aliphatic carbocycles. The SMILES string of the molecule is N=C(N)c1ccc(N)c(CN2CC[C@H](NS(=O)(=O)c3cc4c(Cl)cc(Cl)cc4s3)C2=O)c1.O=C(O)C(F)(F)F. The van der Waals surface area contributed by atoms with Gasteiger partial charge in [-0.1, -0.05) is 23.2 Å². The third-order valence-electron chi connectivity index (χ3n) is 5.45. The number of hydrogen-bond acceptors (Lipinski definition) is 7. The van der Waals surface area contributed by atoms with Crippen LogP contribution in [0.1, 0.15) is 17.5 Å². The summed E-state index contributed by atoms with van der Waals surface area (Å²) < 4.78 is 60.8. The first-order chi connectivity index (χ1) is 18.0. The van der Waals surface area contributed by atoms with Gasteiger partial charge >= 0.3 is 12.1 Å². The Kier molecular flexibility index (Phi) is 9.02. The maximum Gasteiger partial charge on any atom is 0.490 e. The van der Waals surface area contributed by atoms with E-state index in [1.807, 2.05) is 0 Å². The molecule has 2 aromatic carbocycles. The molecule has 1 aromatic heterocycles. The second-order valence-electron chi connectivity index (χ2n) is 8.22. The molecule has 10 nitrogen and oxygen atoms in total. The number of fused-ring (bicyclic) bond motifs is 1. The lowest BCUT2D eigenvalue weighted by Crippen LogP contribution is -2.41. The number of amidine groups is 1. The zero-order chi connectivity index (χ0) is 29.3. The smallest absolute Gasteiger partial charge is 0.475 e. The maximum absolute atomic E-state index is 12.9. The highest BCUT2D eigenvalue weighted by molar-refractivity contribution is 7.91. The van der Waals surface area contributed by atoms with E-state index in [0.29, 0.717) is 49.9 Å². The fourth-order valence-corrected chi connectivity index (χ4v) is 6.90. The second kappa shape index (κ2) is 11.6. The first-order valence-electron chi connectivity index (χ1n) is 10.7. The molecule has 17 heteroatoms. The largest absolute Gasteiger partial charge is 0.490 e. The van der Waals surface area contributed by atoms with E-state index in [-0.39, 0.29) is 22.5 Å². The van der Waals surface area contributed by atoms with Crippen molar-refractivity contribution in [1.82, 2.24) is 9.62 Å². The molecule has 1 fully saturated rings. The summed E-state index contributed by atoms with van der Waals surface area (Å²) in [6, 6.07) is 8.71. The lowest BCUT2D eigenvalue weighted by Gasteiger charge is -2.19. The number of alkyl halides is 3. The Labute approximate surface area is 233 Å². The normalized spacial score (nSPS) is 15.8. The average Bonchev–Trinajstić information content (AvgIpc) is 3.40. The Hall–Kier alpha value is -3.11. The number of thiophene rings is 1. The number of likely N-dealkylation sites (tertiary alicyclic amines) is 1. The zero-order valence-electron chi connectivity index (χ0n) is 19.6. The minimum absolute atomic E-state index is 0.0568. The van der Waals surface area contributed by atoms with Crippen molar-refractivity contribution in [2.24, 2.45) is 5.73 Å². The Bertz CT molecular complexity index is 1560. The Balaban J connectivity index is 0.000000532. The van der Waals surface area contributed by atoms with Crippen LogP contribution in [0, 0.1) is 5.41 Å². The molecule has 39 heavy (non-hydrogen) atoms. The molecule has 2 heterocycles. The molecular formula is C22H20Cl2F3N5O5S2. The van der Waals surface area contributed by atoms with Gasteiger partial charge in [0.25, 0.3) is 10.0 Å². The summed E-state index contributed by atoms with van der Waals surface area (Å²) in [5.41, 5.74) is 13.1. The highest BCUT2D eigenvalue weighted by atomic mass is 35.5. The number of rotatable bonds is 6. The predicted molar refractivity (Wildman–Crippen MR) is 142 cm³/mol. The average molecular weight is 626 g/mol. The quantitative estimate of drug-likeness (QED) is 0.157. The van der Waals surface area contributed by atoms with Crippen LogP contribution in [0.15, 0.2) is 40.6 Å². The summed E-state index contributed by atoms with van der Waals surface area (Å²) in [6.07, 6.45) is -4.76. The van der Waals surface area contributed by atoms with Gasteiger partial charge in [0.15, 0.2) is 0 Å². The molecule has 1 amide bonds. The number of benzene rings is 2. The monoisotopic (exact) mass is 625 g/mol. The molecule has 0 bridgehead atoms. The molecule has 1 saturated heterocycles. The highest BCUT2D eigenvalue weighted by Gasteiger charge is 2.38. The van der Waals surface area contributed by atoms with Gasteiger partial charge in [-0.05, 0) is 48.4 Å². The number of nitrogens with two attached hydrogens (primary N) is 2. The van der Waals surface area contributed by atoms with Crippen molar-refractivity contribution in [3.05, 3.63) is 57.6 Å². The van der Waals surface area contributed by atoms with Crippen molar-refractivity contribution in [3.63, 3.8) is 0 Å². The van der Waals surface area contributed by atoms with Gasteiger partial charge in [0.2, 0.25) is 5.91 Å². The van der Waals surface area contributed by atoms with Crippen molar-refractivity contribution in [1.29, 1.82) is 5.41 Å². The molecule has 1 aliphatic heterocycles. The number of nitrogen functional groups attached to an aromatic ring is 2. The van der Waals surface area contributed by atoms with Gasteiger partial charge in [0, 0.05) is 39.4 Å². The van der Waals surface area contributed by atoms with Crippen LogP contribution < -0.4 is 16.2 Å². The number of anilines is 1. The van der Waals surface area contributed by atoms with E-state index in [2.05, 4.69) is 4.72 Å². The van der Waals surface area contributed by atoms with Gasteiger partial charge in [-0.2, -0.15) is 17.9 Å². The van der Waals surface area contributed by atoms with E-state index in [0.717, 1.165) is 11.3 Å². The van der Waals surface area contributed by atoms with Crippen molar-refractivity contribution in [3.8, 4) is 0 Å². The van der Waals surface area contributed by atoms with E-state index in [9.17, 15) is 26.4 Å². The van der Waals surface area contributed by atoms with Crippen LogP contribution in [-0.2, 0) is 26.2 Å². The summed E-state index contributed by atoms with van der Waals surface area (Å²) in [5.74, 6) is -3.20. The Morgan fingerprint density at radius 1 is 1.23 bits per heavy atom.